The molecule has 6 nitrogen and oxygen atoms in total. The Morgan fingerprint density at radius 2 is 1.86 bits per heavy atom. The van der Waals surface area contributed by atoms with Crippen LogP contribution in [0.3, 0.4) is 0 Å². The van der Waals surface area contributed by atoms with Gasteiger partial charge in [-0.15, -0.1) is 0 Å². The molecule has 1 N–H and O–H groups in total. The normalized spacial score (nSPS) is 12.5. The number of anilines is 1. The Bertz CT molecular complexity index is 1110. The topological polar surface area (TPSA) is 81.1 Å². The summed E-state index contributed by atoms with van der Waals surface area (Å²) in [6.07, 6.45) is 3.33. The Kier molecular flexibility index (Phi) is 6.17. The van der Waals surface area contributed by atoms with Crippen LogP contribution in [0.25, 0.3) is 0 Å². The Hall–Kier alpha value is -2.93. The zero-order valence-electron chi connectivity index (χ0n) is 16.8. The van der Waals surface area contributed by atoms with Gasteiger partial charge < -0.3 is 9.88 Å². The van der Waals surface area contributed by atoms with Crippen LogP contribution in [0.15, 0.2) is 60.9 Å². The van der Waals surface area contributed by atoms with Gasteiger partial charge >= 0.3 is 0 Å². The molecule has 7 heteroatoms. The van der Waals surface area contributed by atoms with Gasteiger partial charge in [0.2, 0.25) is 5.91 Å². The van der Waals surface area contributed by atoms with Crippen LogP contribution >= 0.6 is 0 Å². The lowest BCUT2D eigenvalue weighted by Crippen LogP contribution is -2.34. The third-order valence-corrected chi connectivity index (χ3v) is 6.84. The fraction of sp³-hybridized carbons (Fsp3) is 0.273. The van der Waals surface area contributed by atoms with Crippen molar-refractivity contribution < 1.29 is 13.2 Å². The number of aryl methyl sites for hydroxylation is 2. The second-order valence-electron chi connectivity index (χ2n) is 7.21. The van der Waals surface area contributed by atoms with Crippen molar-refractivity contribution in [2.75, 3.05) is 5.32 Å². The minimum absolute atomic E-state index is 0.297. The summed E-state index contributed by atoms with van der Waals surface area (Å²) in [5.41, 5.74) is 3.55. The second kappa shape index (κ2) is 8.61. The third-order valence-electron chi connectivity index (χ3n) is 4.89. The number of sulfone groups is 1. The largest absolute Gasteiger partial charge is 0.330 e. The van der Waals surface area contributed by atoms with Crippen molar-refractivity contribution in [1.82, 2.24) is 9.55 Å². The van der Waals surface area contributed by atoms with Crippen LogP contribution in [0.5, 0.6) is 0 Å². The van der Waals surface area contributed by atoms with Gasteiger partial charge in [0, 0.05) is 24.6 Å². The van der Waals surface area contributed by atoms with Gasteiger partial charge in [-0.05, 0) is 43.5 Å². The standard InChI is InChI=1S/C22H25N3O3S/c1-16-9-10-17(2)20(13-16)24-22(26)18(3)29(27,28)15-21-23-11-12-25(21)14-19-7-5-4-6-8-19/h4-13,18H,14-15H2,1-3H3,(H,24,26). The SMILES string of the molecule is Cc1ccc(C)c(NC(=O)C(C)S(=O)(=O)Cc2nccn2Cc2ccccc2)c1. The summed E-state index contributed by atoms with van der Waals surface area (Å²) in [4.78, 5) is 16.8. The summed E-state index contributed by atoms with van der Waals surface area (Å²) in [5.74, 6) is -0.422. The second-order valence-corrected chi connectivity index (χ2v) is 9.54. The van der Waals surface area contributed by atoms with Crippen molar-refractivity contribution in [3.63, 3.8) is 0 Å². The van der Waals surface area contributed by atoms with Crippen LogP contribution in [0.4, 0.5) is 5.69 Å². The van der Waals surface area contributed by atoms with Crippen LogP contribution in [0, 0.1) is 13.8 Å². The minimum Gasteiger partial charge on any atom is -0.330 e. The smallest absolute Gasteiger partial charge is 0.242 e. The van der Waals surface area contributed by atoms with Crippen molar-refractivity contribution in [3.8, 4) is 0 Å². The van der Waals surface area contributed by atoms with E-state index in [1.807, 2.05) is 62.4 Å². The van der Waals surface area contributed by atoms with Gasteiger partial charge in [0.05, 0.1) is 0 Å². The number of amides is 1. The molecule has 0 aliphatic heterocycles. The average Bonchev–Trinajstić information content (AvgIpc) is 3.10. The summed E-state index contributed by atoms with van der Waals surface area (Å²) >= 11 is 0. The summed E-state index contributed by atoms with van der Waals surface area (Å²) in [6, 6.07) is 15.4. The van der Waals surface area contributed by atoms with Crippen molar-refractivity contribution in [2.24, 2.45) is 0 Å². The molecule has 0 aliphatic carbocycles. The number of aromatic nitrogens is 2. The summed E-state index contributed by atoms with van der Waals surface area (Å²) in [6.45, 7) is 5.73. The van der Waals surface area contributed by atoms with Gasteiger partial charge in [0.15, 0.2) is 9.84 Å². The van der Waals surface area contributed by atoms with Crippen LogP contribution < -0.4 is 5.32 Å². The zero-order chi connectivity index (χ0) is 21.0. The number of hydrogen-bond acceptors (Lipinski definition) is 4. The molecule has 0 saturated carbocycles. The highest BCUT2D eigenvalue weighted by atomic mass is 32.2. The molecule has 29 heavy (non-hydrogen) atoms. The Morgan fingerprint density at radius 3 is 2.59 bits per heavy atom. The first-order valence-corrected chi connectivity index (χ1v) is 11.1. The monoisotopic (exact) mass is 411 g/mol. The van der Waals surface area contributed by atoms with E-state index in [1.54, 1.807) is 17.0 Å². The van der Waals surface area contributed by atoms with E-state index >= 15 is 0 Å². The molecule has 3 rings (SSSR count). The predicted molar refractivity (Wildman–Crippen MR) is 114 cm³/mol. The van der Waals surface area contributed by atoms with Crippen LogP contribution in [0.1, 0.15) is 29.4 Å². The first-order chi connectivity index (χ1) is 13.8. The molecule has 1 unspecified atom stereocenters. The fourth-order valence-electron chi connectivity index (χ4n) is 2.98. The maximum Gasteiger partial charge on any atom is 0.242 e. The lowest BCUT2D eigenvalue weighted by Gasteiger charge is -2.15. The van der Waals surface area contributed by atoms with Crippen molar-refractivity contribution in [2.45, 2.75) is 38.3 Å². The van der Waals surface area contributed by atoms with Gasteiger partial charge in [0.1, 0.15) is 16.8 Å². The molecule has 0 aliphatic rings. The summed E-state index contributed by atoms with van der Waals surface area (Å²) in [7, 11) is -3.74. The molecule has 0 bridgehead atoms. The Labute approximate surface area is 171 Å². The molecular formula is C22H25N3O3S. The van der Waals surface area contributed by atoms with Crippen molar-refractivity contribution in [3.05, 3.63) is 83.4 Å². The average molecular weight is 412 g/mol. The molecule has 1 heterocycles. The van der Waals surface area contributed by atoms with E-state index in [-0.39, 0.29) is 5.75 Å². The van der Waals surface area contributed by atoms with E-state index in [0.29, 0.717) is 18.1 Å². The highest BCUT2D eigenvalue weighted by Crippen LogP contribution is 2.19. The quantitative estimate of drug-likeness (QED) is 0.645. The maximum absolute atomic E-state index is 12.9. The number of carbonyl (C=O) groups is 1. The summed E-state index contributed by atoms with van der Waals surface area (Å²) < 4.78 is 27.5. The van der Waals surface area contributed by atoms with Gasteiger partial charge in [-0.2, -0.15) is 0 Å². The first kappa shape index (κ1) is 20.8. The maximum atomic E-state index is 12.9. The number of imidazole rings is 1. The first-order valence-electron chi connectivity index (χ1n) is 9.40. The van der Waals surface area contributed by atoms with E-state index < -0.39 is 21.0 Å². The lowest BCUT2D eigenvalue weighted by atomic mass is 10.1. The predicted octanol–water partition coefficient (Wildman–Crippen LogP) is 3.49. The number of carbonyl (C=O) groups excluding carboxylic acids is 1. The minimum atomic E-state index is -3.74. The molecule has 2 aromatic carbocycles. The fourth-order valence-corrected chi connectivity index (χ4v) is 4.21. The number of hydrogen-bond donors (Lipinski definition) is 1. The molecule has 0 spiro atoms. The molecule has 0 radical (unpaired) electrons. The van der Waals surface area contributed by atoms with E-state index in [0.717, 1.165) is 16.7 Å². The van der Waals surface area contributed by atoms with Gasteiger partial charge in [-0.1, -0.05) is 42.5 Å². The third kappa shape index (κ3) is 5.12. The van der Waals surface area contributed by atoms with E-state index in [9.17, 15) is 13.2 Å². The lowest BCUT2D eigenvalue weighted by molar-refractivity contribution is -0.115. The number of nitrogens with zero attached hydrogens (tertiary/aromatic N) is 2. The van der Waals surface area contributed by atoms with Gasteiger partial charge in [-0.3, -0.25) is 4.79 Å². The molecule has 3 aromatic rings. The molecule has 152 valence electrons. The van der Waals surface area contributed by atoms with Crippen LogP contribution in [-0.2, 0) is 26.9 Å². The molecule has 1 amide bonds. The van der Waals surface area contributed by atoms with Crippen LogP contribution in [-0.4, -0.2) is 29.1 Å². The van der Waals surface area contributed by atoms with Crippen molar-refractivity contribution >= 4 is 21.4 Å². The Morgan fingerprint density at radius 1 is 1.14 bits per heavy atom. The van der Waals surface area contributed by atoms with Gasteiger partial charge in [0.25, 0.3) is 0 Å². The van der Waals surface area contributed by atoms with Crippen molar-refractivity contribution in [1.29, 1.82) is 0 Å². The Balaban J connectivity index is 1.73. The van der Waals surface area contributed by atoms with E-state index in [1.165, 1.54) is 6.92 Å². The highest BCUT2D eigenvalue weighted by Gasteiger charge is 2.30. The van der Waals surface area contributed by atoms with Gasteiger partial charge in [-0.25, -0.2) is 13.4 Å². The molecule has 0 fully saturated rings. The van der Waals surface area contributed by atoms with E-state index in [2.05, 4.69) is 10.3 Å². The van der Waals surface area contributed by atoms with E-state index in [4.69, 9.17) is 0 Å². The molecule has 1 atom stereocenters. The highest BCUT2D eigenvalue weighted by molar-refractivity contribution is 7.92. The molecular weight excluding hydrogens is 386 g/mol. The summed E-state index contributed by atoms with van der Waals surface area (Å²) in [5, 5.41) is 1.56. The molecule has 0 saturated heterocycles. The van der Waals surface area contributed by atoms with Crippen LogP contribution in [0.2, 0.25) is 0 Å². The zero-order valence-corrected chi connectivity index (χ0v) is 17.6. The number of nitrogens with one attached hydrogen (secondary N) is 1. The number of benzene rings is 2. The number of rotatable bonds is 7. The molecule has 1 aromatic heterocycles.